The maximum Gasteiger partial charge on any atom is 0.343 e. The third-order valence-corrected chi connectivity index (χ3v) is 8.53. The molecule has 0 atom stereocenters. The van der Waals surface area contributed by atoms with Crippen LogP contribution in [0.4, 0.5) is 0 Å². The van der Waals surface area contributed by atoms with Crippen LogP contribution in [0.2, 0.25) is 0 Å². The molecule has 0 spiro atoms. The number of ether oxygens (including phenoxy) is 2. The maximum absolute atomic E-state index is 13.1. The Morgan fingerprint density at radius 3 is 2.09 bits per heavy atom. The highest BCUT2D eigenvalue weighted by molar-refractivity contribution is 5.92. The van der Waals surface area contributed by atoms with E-state index in [4.69, 9.17) is 9.47 Å². The molecular formula is C40H38O3. The van der Waals surface area contributed by atoms with Crippen molar-refractivity contribution in [2.45, 2.75) is 59.0 Å². The maximum atomic E-state index is 13.1. The largest absolute Gasteiger partial charge is 0.487 e. The van der Waals surface area contributed by atoms with Crippen LogP contribution in [0.5, 0.6) is 11.5 Å². The second-order valence-corrected chi connectivity index (χ2v) is 12.9. The molecular weight excluding hydrogens is 528 g/mol. The molecule has 3 nitrogen and oxygen atoms in total. The molecule has 0 aromatic heterocycles. The molecule has 6 rings (SSSR count). The van der Waals surface area contributed by atoms with Gasteiger partial charge in [0.1, 0.15) is 17.1 Å². The summed E-state index contributed by atoms with van der Waals surface area (Å²) in [6.45, 7) is 13.0. The van der Waals surface area contributed by atoms with Crippen molar-refractivity contribution < 1.29 is 14.3 Å². The van der Waals surface area contributed by atoms with Gasteiger partial charge in [-0.05, 0) is 91.9 Å². The molecule has 0 aliphatic carbocycles. The van der Waals surface area contributed by atoms with Gasteiger partial charge in [-0.15, -0.1) is 0 Å². The number of benzene rings is 5. The first-order valence-corrected chi connectivity index (χ1v) is 14.9. The molecule has 0 N–H and O–H groups in total. The van der Waals surface area contributed by atoms with Crippen LogP contribution in [-0.4, -0.2) is 11.6 Å². The van der Waals surface area contributed by atoms with Crippen molar-refractivity contribution in [2.24, 2.45) is 0 Å². The Hall–Kier alpha value is -4.63. The van der Waals surface area contributed by atoms with Crippen molar-refractivity contribution in [3.8, 4) is 33.8 Å². The molecule has 3 heteroatoms. The first-order chi connectivity index (χ1) is 20.5. The lowest BCUT2D eigenvalue weighted by molar-refractivity contribution is 0.0735. The summed E-state index contributed by atoms with van der Waals surface area (Å²) in [5, 5.41) is 0. The van der Waals surface area contributed by atoms with Crippen LogP contribution in [0, 0.1) is 13.8 Å². The normalized spacial score (nSPS) is 13.7. The van der Waals surface area contributed by atoms with E-state index in [1.54, 1.807) is 12.1 Å². The average molecular weight is 567 g/mol. The van der Waals surface area contributed by atoms with Crippen LogP contribution in [0.3, 0.4) is 0 Å². The van der Waals surface area contributed by atoms with E-state index in [0.29, 0.717) is 11.3 Å². The fraction of sp³-hybridized carbons (Fsp3) is 0.225. The van der Waals surface area contributed by atoms with Gasteiger partial charge in [-0.2, -0.15) is 0 Å². The van der Waals surface area contributed by atoms with E-state index in [1.165, 1.54) is 27.8 Å². The van der Waals surface area contributed by atoms with Crippen LogP contribution in [0.1, 0.15) is 65.9 Å². The zero-order valence-electron chi connectivity index (χ0n) is 25.8. The first kappa shape index (κ1) is 28.5. The Bertz CT molecular complexity index is 1810. The summed E-state index contributed by atoms with van der Waals surface area (Å²) in [5.74, 6) is 1.08. The van der Waals surface area contributed by atoms with Gasteiger partial charge >= 0.3 is 5.97 Å². The monoisotopic (exact) mass is 566 g/mol. The minimum Gasteiger partial charge on any atom is -0.487 e. The Balaban J connectivity index is 1.44. The predicted octanol–water partition coefficient (Wildman–Crippen LogP) is 9.90. The summed E-state index contributed by atoms with van der Waals surface area (Å²) in [7, 11) is 0. The summed E-state index contributed by atoms with van der Waals surface area (Å²) in [6.07, 6.45) is 0.848. The van der Waals surface area contributed by atoms with Crippen molar-refractivity contribution in [2.75, 3.05) is 0 Å². The summed E-state index contributed by atoms with van der Waals surface area (Å²) < 4.78 is 12.6. The zero-order valence-corrected chi connectivity index (χ0v) is 25.8. The van der Waals surface area contributed by atoms with Crippen molar-refractivity contribution in [3.63, 3.8) is 0 Å². The van der Waals surface area contributed by atoms with Gasteiger partial charge < -0.3 is 9.47 Å². The van der Waals surface area contributed by atoms with E-state index >= 15 is 0 Å². The van der Waals surface area contributed by atoms with Crippen molar-refractivity contribution in [1.82, 2.24) is 0 Å². The molecule has 0 amide bonds. The molecule has 1 aliphatic rings. The van der Waals surface area contributed by atoms with Gasteiger partial charge in [0.05, 0.1) is 5.56 Å². The van der Waals surface area contributed by atoms with Gasteiger partial charge in [-0.3, -0.25) is 0 Å². The Morgan fingerprint density at radius 2 is 1.37 bits per heavy atom. The highest BCUT2D eigenvalue weighted by Crippen LogP contribution is 2.44. The Labute approximate surface area is 255 Å². The number of aryl methyl sites for hydroxylation is 2. The van der Waals surface area contributed by atoms with E-state index in [1.807, 2.05) is 24.3 Å². The predicted molar refractivity (Wildman–Crippen MR) is 175 cm³/mol. The molecule has 0 bridgehead atoms. The number of hydrogen-bond acceptors (Lipinski definition) is 3. The molecule has 1 aliphatic heterocycles. The fourth-order valence-electron chi connectivity index (χ4n) is 6.01. The summed E-state index contributed by atoms with van der Waals surface area (Å²) in [6, 6.07) is 36.9. The molecule has 0 fully saturated rings. The average Bonchev–Trinajstić information content (AvgIpc) is 3.09. The number of hydrogen-bond donors (Lipinski definition) is 0. The summed E-state index contributed by atoms with van der Waals surface area (Å²) in [4.78, 5) is 13.1. The number of carbonyl (C=O) groups is 1. The van der Waals surface area contributed by atoms with E-state index in [-0.39, 0.29) is 17.0 Å². The lowest BCUT2D eigenvalue weighted by Gasteiger charge is -2.29. The first-order valence-electron chi connectivity index (χ1n) is 14.9. The van der Waals surface area contributed by atoms with Crippen molar-refractivity contribution >= 4 is 5.97 Å². The minimum absolute atomic E-state index is 0.305. The van der Waals surface area contributed by atoms with E-state index < -0.39 is 0 Å². The van der Waals surface area contributed by atoms with Gasteiger partial charge in [0.2, 0.25) is 0 Å². The van der Waals surface area contributed by atoms with Crippen LogP contribution in [0.25, 0.3) is 22.3 Å². The lowest BCUT2D eigenvalue weighted by atomic mass is 9.76. The van der Waals surface area contributed by atoms with Crippen LogP contribution >= 0.6 is 0 Å². The molecule has 43 heavy (non-hydrogen) atoms. The van der Waals surface area contributed by atoms with Crippen LogP contribution in [0.15, 0.2) is 109 Å². The van der Waals surface area contributed by atoms with Crippen molar-refractivity contribution in [3.05, 3.63) is 143 Å². The van der Waals surface area contributed by atoms with Gasteiger partial charge in [0, 0.05) is 23.0 Å². The highest BCUT2D eigenvalue weighted by atomic mass is 16.5. The second kappa shape index (κ2) is 10.9. The minimum atomic E-state index is -0.372. The summed E-state index contributed by atoms with van der Waals surface area (Å²) in [5.41, 5.74) is 10.2. The SMILES string of the molecule is Cc1ccc(-c2cc(C(C)(C)c3ccc4c(c3)-c3ccc(C)cc3CC(C)(C)O4)ccc2OC(=O)c2ccccc2)cc1. The molecule has 0 saturated carbocycles. The lowest BCUT2D eigenvalue weighted by Crippen LogP contribution is -2.30. The van der Waals surface area contributed by atoms with E-state index in [0.717, 1.165) is 34.4 Å². The van der Waals surface area contributed by atoms with Gasteiger partial charge in [-0.1, -0.05) is 97.8 Å². The molecule has 0 radical (unpaired) electrons. The Kier molecular flexibility index (Phi) is 7.22. The molecule has 0 unspecified atom stereocenters. The third-order valence-electron chi connectivity index (χ3n) is 8.53. The van der Waals surface area contributed by atoms with Gasteiger partial charge in [0.15, 0.2) is 0 Å². The number of fused-ring (bicyclic) bond motifs is 3. The van der Waals surface area contributed by atoms with Crippen LogP contribution in [-0.2, 0) is 11.8 Å². The van der Waals surface area contributed by atoms with Gasteiger partial charge in [-0.25, -0.2) is 4.79 Å². The zero-order chi connectivity index (χ0) is 30.4. The topological polar surface area (TPSA) is 35.5 Å². The van der Waals surface area contributed by atoms with Crippen molar-refractivity contribution in [1.29, 1.82) is 0 Å². The molecule has 5 aromatic rings. The molecule has 1 heterocycles. The molecule has 216 valence electrons. The fourth-order valence-corrected chi connectivity index (χ4v) is 6.01. The molecule has 0 saturated heterocycles. The quantitative estimate of drug-likeness (QED) is 0.157. The number of rotatable bonds is 5. The number of esters is 1. The standard InChI is InChI=1S/C40H38O3/c1-26-12-15-28(16-13-26)34-23-31(17-20-36(34)42-38(41)29-10-8-7-9-11-29)40(5,6)32-18-21-37-35(24-32)33-19-14-27(2)22-30(33)25-39(3,4)43-37/h7-24H,25H2,1-6H3. The molecule has 5 aromatic carbocycles. The van der Waals surface area contributed by atoms with Crippen LogP contribution < -0.4 is 9.47 Å². The van der Waals surface area contributed by atoms with E-state index in [9.17, 15) is 4.79 Å². The van der Waals surface area contributed by atoms with E-state index in [2.05, 4.69) is 114 Å². The summed E-state index contributed by atoms with van der Waals surface area (Å²) >= 11 is 0. The third kappa shape index (κ3) is 5.72. The Morgan fingerprint density at radius 1 is 0.721 bits per heavy atom. The second-order valence-electron chi connectivity index (χ2n) is 12.9. The van der Waals surface area contributed by atoms with Gasteiger partial charge in [0.25, 0.3) is 0 Å². The smallest absolute Gasteiger partial charge is 0.343 e. The number of carbonyl (C=O) groups excluding carboxylic acids is 1. The highest BCUT2D eigenvalue weighted by Gasteiger charge is 2.31.